The van der Waals surface area contributed by atoms with Crippen LogP contribution >= 0.6 is 19.4 Å². The number of hydrogen-bond donors (Lipinski definition) is 2. The van der Waals surface area contributed by atoms with Crippen LogP contribution in [0.4, 0.5) is 17.2 Å². The zero-order chi connectivity index (χ0) is 21.1. The van der Waals surface area contributed by atoms with Gasteiger partial charge in [0.1, 0.15) is 11.4 Å². The predicted octanol–water partition coefficient (Wildman–Crippen LogP) is -0.958. The number of hydrogen-bond acceptors (Lipinski definition) is 10. The summed E-state index contributed by atoms with van der Waals surface area (Å²) in [5, 5.41) is 28.3. The second kappa shape index (κ2) is 11.6. The molecule has 1 aromatic carbocycles. The van der Waals surface area contributed by atoms with Gasteiger partial charge in [0.2, 0.25) is 0 Å². The minimum absolute atomic E-state index is 0. The number of halogens is 1. The number of carbonyl (C=O) groups is 1. The molecule has 13 nitrogen and oxygen atoms in total. The number of aryl methyl sites for hydroxylation is 1. The number of nitro benzene ring substituents is 1. The summed E-state index contributed by atoms with van der Waals surface area (Å²) >= 11 is 5.91. The first-order valence-corrected chi connectivity index (χ1v) is 9.12. The van der Waals surface area contributed by atoms with Crippen molar-refractivity contribution in [2.45, 2.75) is 13.5 Å². The van der Waals surface area contributed by atoms with E-state index in [4.69, 9.17) is 16.5 Å². The molecule has 2 aromatic rings. The molecule has 0 aliphatic rings. The fourth-order valence-electron chi connectivity index (χ4n) is 2.03. The van der Waals surface area contributed by atoms with E-state index < -0.39 is 25.1 Å². The maximum atomic E-state index is 11.3. The van der Waals surface area contributed by atoms with Crippen LogP contribution in [0.25, 0.3) is 0 Å². The zero-order valence-corrected chi connectivity index (χ0v) is 19.1. The van der Waals surface area contributed by atoms with Gasteiger partial charge in [0.05, 0.1) is 27.8 Å². The number of non-ortho nitro benzene ring substituents is 1. The number of phosphoric acid groups is 1. The molecule has 0 fully saturated rings. The van der Waals surface area contributed by atoms with Crippen LogP contribution in [-0.4, -0.2) is 31.7 Å². The van der Waals surface area contributed by atoms with Gasteiger partial charge in [0.25, 0.3) is 13.5 Å². The third-order valence-electron chi connectivity index (χ3n) is 3.35. The topological polar surface area (TPSA) is 219 Å². The minimum Gasteiger partial charge on any atom is -0.756 e. The van der Waals surface area contributed by atoms with Crippen LogP contribution in [0.2, 0.25) is 5.02 Å². The first-order valence-electron chi connectivity index (χ1n) is 7.25. The number of phosphoric ester groups is 1. The molecule has 1 aromatic heterocycles. The molecule has 30 heavy (non-hydrogen) atoms. The summed E-state index contributed by atoms with van der Waals surface area (Å²) in [5.41, 5.74) is -1.09. The van der Waals surface area contributed by atoms with Crippen LogP contribution in [0.3, 0.4) is 0 Å². The first kappa shape index (κ1) is 28.2. The van der Waals surface area contributed by atoms with Gasteiger partial charge in [0.15, 0.2) is 12.1 Å². The maximum absolute atomic E-state index is 11.3. The van der Waals surface area contributed by atoms with Crippen LogP contribution in [-0.2, 0) is 15.7 Å². The Balaban J connectivity index is 0.00000420. The number of aldehydes is 1. The summed E-state index contributed by atoms with van der Waals surface area (Å²) in [4.78, 5) is 45.0. The van der Waals surface area contributed by atoms with Crippen molar-refractivity contribution in [2.24, 2.45) is 10.2 Å². The van der Waals surface area contributed by atoms with Gasteiger partial charge >= 0.3 is 29.6 Å². The number of azo groups is 1. The van der Waals surface area contributed by atoms with E-state index in [2.05, 4.69) is 19.7 Å². The van der Waals surface area contributed by atoms with Crippen molar-refractivity contribution >= 4 is 42.9 Å². The third kappa shape index (κ3) is 7.16. The normalized spacial score (nSPS) is 12.5. The number of pyridine rings is 1. The van der Waals surface area contributed by atoms with E-state index in [0.29, 0.717) is 0 Å². The van der Waals surface area contributed by atoms with Crippen molar-refractivity contribution in [3.05, 3.63) is 50.2 Å². The summed E-state index contributed by atoms with van der Waals surface area (Å²) in [6.45, 7) is 0.472. The van der Waals surface area contributed by atoms with Gasteiger partial charge in [-0.05, 0) is 13.0 Å². The molecule has 0 saturated carbocycles. The molecule has 1 unspecified atom stereocenters. The molecule has 0 saturated heterocycles. The number of rotatable bonds is 7. The zero-order valence-electron chi connectivity index (χ0n) is 15.5. The van der Waals surface area contributed by atoms with Gasteiger partial charge in [-0.3, -0.25) is 19.5 Å². The van der Waals surface area contributed by atoms with Gasteiger partial charge < -0.3 is 24.9 Å². The average Bonchev–Trinajstić information content (AvgIpc) is 2.61. The molecule has 156 valence electrons. The molecule has 1 heterocycles. The van der Waals surface area contributed by atoms with Crippen molar-refractivity contribution in [1.29, 1.82) is 0 Å². The molecule has 4 N–H and O–H groups in total. The van der Waals surface area contributed by atoms with Crippen LogP contribution < -0.4 is 34.5 Å². The molecule has 0 aliphatic carbocycles. The Morgan fingerprint density at radius 1 is 1.40 bits per heavy atom. The van der Waals surface area contributed by atoms with E-state index in [1.165, 1.54) is 13.0 Å². The summed E-state index contributed by atoms with van der Waals surface area (Å²) in [7, 11) is -5.15. The number of carbonyl (C=O) groups excluding carboxylic acids is 1. The van der Waals surface area contributed by atoms with Crippen LogP contribution in [0, 0.1) is 17.0 Å². The third-order valence-corrected chi connectivity index (χ3v) is 4.12. The molecule has 1 atom stereocenters. The van der Waals surface area contributed by atoms with Gasteiger partial charge in [-0.15, -0.1) is 10.2 Å². The van der Waals surface area contributed by atoms with Gasteiger partial charge in [-0.25, -0.2) is 4.98 Å². The van der Waals surface area contributed by atoms with E-state index in [-0.39, 0.29) is 80.4 Å². The smallest absolute Gasteiger partial charge is 0.756 e. The number of benzene rings is 1. The molecule has 2 rings (SSSR count). The van der Waals surface area contributed by atoms with Gasteiger partial charge in [-0.1, -0.05) is 11.6 Å². The summed E-state index contributed by atoms with van der Waals surface area (Å²) < 4.78 is 15.1. The average molecular weight is 471 g/mol. The van der Waals surface area contributed by atoms with E-state index >= 15 is 0 Å². The summed E-state index contributed by atoms with van der Waals surface area (Å²) in [5.74, 6) is -0.868. The number of nitro groups is 1. The second-order valence-electron chi connectivity index (χ2n) is 5.21. The Morgan fingerprint density at radius 3 is 2.57 bits per heavy atom. The number of aromatic nitrogens is 1. The van der Waals surface area contributed by atoms with Crippen LogP contribution in [0.5, 0.6) is 5.75 Å². The molecule has 0 aliphatic heterocycles. The second-order valence-corrected chi connectivity index (χ2v) is 6.82. The Kier molecular flexibility index (Phi) is 10.9. The van der Waals surface area contributed by atoms with E-state index in [1.54, 1.807) is 0 Å². The van der Waals surface area contributed by atoms with E-state index in [1.807, 2.05) is 0 Å². The van der Waals surface area contributed by atoms with Crippen LogP contribution in [0.15, 0.2) is 28.4 Å². The van der Waals surface area contributed by atoms with Crippen molar-refractivity contribution in [2.75, 3.05) is 0 Å². The Morgan fingerprint density at radius 2 is 2.03 bits per heavy atom. The molecule has 0 radical (unpaired) electrons. The van der Waals surface area contributed by atoms with Crippen molar-refractivity contribution in [3.63, 3.8) is 0 Å². The monoisotopic (exact) mass is 470 g/mol. The van der Waals surface area contributed by atoms with Crippen molar-refractivity contribution < 1.29 is 68.7 Å². The molecule has 16 heteroatoms. The van der Waals surface area contributed by atoms with Crippen LogP contribution in [0.1, 0.15) is 21.6 Å². The molecular formula is C14H13ClN4NaO9P. The Labute approximate surface area is 195 Å². The van der Waals surface area contributed by atoms with Gasteiger partial charge in [-0.2, -0.15) is 0 Å². The van der Waals surface area contributed by atoms with E-state index in [0.717, 1.165) is 12.1 Å². The summed E-state index contributed by atoms with van der Waals surface area (Å²) in [6.07, 6.45) is 0.217. The minimum atomic E-state index is -5.15. The molecule has 0 spiro atoms. The molecule has 0 bridgehead atoms. The fourth-order valence-corrected chi connectivity index (χ4v) is 2.48. The molecule has 0 amide bonds. The maximum Gasteiger partial charge on any atom is 1.00 e. The fraction of sp³-hybridized carbons (Fsp3) is 0.143. The Hall–Kier alpha value is -1.80. The standard InChI is InChI=1S/C14H12ClN4O8P.Na.H2O/c1-7-13(21)9(5-20)10(6-27-28(24,25)26)14(16-7)18-17-12-4-8(19(22)23)2-3-11(12)15;;/h2-5,21H,6H2,1H3,(H2,24,25,26);;1H2/q;+1;/p-1. The predicted molar refractivity (Wildman–Crippen MR) is 96.5 cm³/mol. The number of aromatic hydroxyl groups is 1. The largest absolute Gasteiger partial charge is 1.00 e. The summed E-state index contributed by atoms with van der Waals surface area (Å²) in [6, 6.07) is 3.42. The van der Waals surface area contributed by atoms with Crippen molar-refractivity contribution in [3.8, 4) is 5.75 Å². The van der Waals surface area contributed by atoms with Gasteiger partial charge in [0, 0.05) is 17.7 Å². The quantitative estimate of drug-likeness (QED) is 0.127. The Bertz CT molecular complexity index is 1030. The van der Waals surface area contributed by atoms with Crippen molar-refractivity contribution in [1.82, 2.24) is 4.98 Å². The number of nitrogens with zero attached hydrogens (tertiary/aromatic N) is 4. The molecular weight excluding hydrogens is 458 g/mol. The SMILES string of the molecule is Cc1nc(N=Nc2cc([N+](=O)[O-])ccc2Cl)c(COP(=O)([O-])O)c(C=O)c1O.O.[Na+]. The first-order chi connectivity index (χ1) is 13.0. The van der Waals surface area contributed by atoms with E-state index in [9.17, 15) is 29.5 Å².